The van der Waals surface area contributed by atoms with Crippen LogP contribution in [0.4, 0.5) is 0 Å². The van der Waals surface area contributed by atoms with Gasteiger partial charge >= 0.3 is 5.97 Å². The van der Waals surface area contributed by atoms with Crippen molar-refractivity contribution in [1.82, 2.24) is 0 Å². The second-order valence-electron chi connectivity index (χ2n) is 3.61. The molecule has 1 heterocycles. The number of halogens is 1. The lowest BCUT2D eigenvalue weighted by atomic mass is 9.80. The Kier molecular flexibility index (Phi) is 3.37. The minimum absolute atomic E-state index is 0.0257. The summed E-state index contributed by atoms with van der Waals surface area (Å²) in [6.45, 7) is 6.11. The average Bonchev–Trinajstić information content (AvgIpc) is 2.02. The zero-order chi connectivity index (χ0) is 9.30. The molecule has 0 unspecified atom stereocenters. The normalized spacial score (nSPS) is 42.5. The second-order valence-corrected chi connectivity index (χ2v) is 4.49. The highest BCUT2D eigenvalue weighted by Crippen LogP contribution is 2.32. The van der Waals surface area contributed by atoms with E-state index in [1.807, 2.05) is 13.8 Å². The molecule has 1 aliphatic heterocycles. The number of rotatable bonds is 1. The first-order valence-corrected chi connectivity index (χ1v) is 5.87. The van der Waals surface area contributed by atoms with Crippen LogP contribution in [-0.4, -0.2) is 16.5 Å². The van der Waals surface area contributed by atoms with Crippen molar-refractivity contribution < 1.29 is 9.53 Å². The molecule has 0 amide bonds. The van der Waals surface area contributed by atoms with Crippen molar-refractivity contribution in [3.63, 3.8) is 0 Å². The molecule has 0 bridgehead atoms. The summed E-state index contributed by atoms with van der Waals surface area (Å²) < 4.78 is 6.24. The molecule has 0 aromatic carbocycles. The van der Waals surface area contributed by atoms with Gasteiger partial charge in [-0.2, -0.15) is 0 Å². The molecule has 0 spiro atoms. The van der Waals surface area contributed by atoms with Crippen molar-refractivity contribution in [2.45, 2.75) is 26.9 Å². The fourth-order valence-electron chi connectivity index (χ4n) is 1.65. The van der Waals surface area contributed by atoms with Crippen LogP contribution in [0.3, 0.4) is 0 Å². The second kappa shape index (κ2) is 3.94. The van der Waals surface area contributed by atoms with Crippen molar-refractivity contribution in [2.75, 3.05) is 4.43 Å². The Morgan fingerprint density at radius 2 is 2.00 bits per heavy atom. The number of esters is 1. The van der Waals surface area contributed by atoms with Crippen molar-refractivity contribution in [2.24, 2.45) is 17.8 Å². The first-order chi connectivity index (χ1) is 5.57. The molecule has 0 radical (unpaired) electrons. The molecule has 4 atom stereocenters. The number of carbonyl (C=O) groups is 1. The molecule has 0 aromatic rings. The van der Waals surface area contributed by atoms with Crippen molar-refractivity contribution in [3.8, 4) is 0 Å². The van der Waals surface area contributed by atoms with Gasteiger partial charge in [0.25, 0.3) is 0 Å². The summed E-state index contributed by atoms with van der Waals surface area (Å²) in [5, 5.41) is 0. The van der Waals surface area contributed by atoms with Crippen molar-refractivity contribution in [3.05, 3.63) is 0 Å². The van der Waals surface area contributed by atoms with E-state index in [0.29, 0.717) is 11.8 Å². The third-order valence-electron chi connectivity index (χ3n) is 2.91. The molecule has 0 saturated carbocycles. The third-order valence-corrected chi connectivity index (χ3v) is 3.93. The molecule has 1 rings (SSSR count). The molecule has 0 aliphatic carbocycles. The molecule has 3 heteroatoms. The highest BCUT2D eigenvalue weighted by molar-refractivity contribution is 14.1. The van der Waals surface area contributed by atoms with Gasteiger partial charge in [0.2, 0.25) is 0 Å². The molecule has 0 N–H and O–H groups in total. The minimum atomic E-state index is -0.0257. The molecule has 1 aliphatic rings. The maximum absolute atomic E-state index is 11.3. The Balaban J connectivity index is 2.73. The van der Waals surface area contributed by atoms with Gasteiger partial charge in [0, 0.05) is 4.43 Å². The molecule has 0 aromatic heterocycles. The number of hydrogen-bond acceptors (Lipinski definition) is 2. The molecule has 70 valence electrons. The van der Waals surface area contributed by atoms with Crippen LogP contribution < -0.4 is 0 Å². The zero-order valence-corrected chi connectivity index (χ0v) is 9.87. The predicted molar refractivity (Wildman–Crippen MR) is 56.3 cm³/mol. The monoisotopic (exact) mass is 282 g/mol. The van der Waals surface area contributed by atoms with Gasteiger partial charge < -0.3 is 4.74 Å². The smallest absolute Gasteiger partial charge is 0.309 e. The first-order valence-electron chi connectivity index (χ1n) is 4.34. The highest BCUT2D eigenvalue weighted by Gasteiger charge is 2.38. The Bertz CT molecular complexity index is 181. The third kappa shape index (κ3) is 1.75. The SMILES string of the molecule is C[C@H]1[C@H](CI)[C@H](C)C(=O)O[C@@H]1C. The van der Waals surface area contributed by atoms with E-state index in [0.717, 1.165) is 4.43 Å². The molecule has 1 saturated heterocycles. The van der Waals surface area contributed by atoms with Crippen LogP contribution in [0, 0.1) is 17.8 Å². The van der Waals surface area contributed by atoms with Gasteiger partial charge in [-0.1, -0.05) is 36.4 Å². The molecular formula is C9H15IO2. The van der Waals surface area contributed by atoms with E-state index in [-0.39, 0.29) is 18.0 Å². The largest absolute Gasteiger partial charge is 0.462 e. The minimum Gasteiger partial charge on any atom is -0.462 e. The van der Waals surface area contributed by atoms with E-state index < -0.39 is 0 Å². The van der Waals surface area contributed by atoms with Gasteiger partial charge in [-0.25, -0.2) is 0 Å². The van der Waals surface area contributed by atoms with E-state index in [4.69, 9.17) is 4.74 Å². The summed E-state index contributed by atoms with van der Waals surface area (Å²) in [4.78, 5) is 11.3. The summed E-state index contributed by atoms with van der Waals surface area (Å²) in [5.74, 6) is 1.03. The van der Waals surface area contributed by atoms with E-state index in [1.165, 1.54) is 0 Å². The summed E-state index contributed by atoms with van der Waals surface area (Å²) >= 11 is 2.35. The summed E-state index contributed by atoms with van der Waals surface area (Å²) in [7, 11) is 0. The highest BCUT2D eigenvalue weighted by atomic mass is 127. The van der Waals surface area contributed by atoms with Crippen LogP contribution in [0.15, 0.2) is 0 Å². The predicted octanol–water partition coefficient (Wildman–Crippen LogP) is 2.26. The fraction of sp³-hybridized carbons (Fsp3) is 0.889. The zero-order valence-electron chi connectivity index (χ0n) is 7.71. The average molecular weight is 282 g/mol. The Labute approximate surface area is 87.2 Å². The van der Waals surface area contributed by atoms with Crippen LogP contribution in [0.2, 0.25) is 0 Å². The van der Waals surface area contributed by atoms with Gasteiger partial charge in [-0.05, 0) is 18.8 Å². The lowest BCUT2D eigenvalue weighted by molar-refractivity contribution is -0.167. The standard InChI is InChI=1S/C9H15IO2/c1-5-7(3)12-9(11)6(2)8(5)4-10/h5-8H,4H2,1-3H3/t5-,6+,7-,8+/m1/s1. The lowest BCUT2D eigenvalue weighted by Gasteiger charge is -2.36. The first kappa shape index (κ1) is 10.3. The van der Waals surface area contributed by atoms with Crippen LogP contribution >= 0.6 is 22.6 Å². The molecule has 12 heavy (non-hydrogen) atoms. The maximum atomic E-state index is 11.3. The van der Waals surface area contributed by atoms with Crippen LogP contribution in [0.25, 0.3) is 0 Å². The van der Waals surface area contributed by atoms with Gasteiger partial charge in [0.15, 0.2) is 0 Å². The van der Waals surface area contributed by atoms with Crippen molar-refractivity contribution >= 4 is 28.6 Å². The molecule has 2 nitrogen and oxygen atoms in total. The number of ether oxygens (including phenoxy) is 1. The van der Waals surface area contributed by atoms with Gasteiger partial charge in [-0.3, -0.25) is 4.79 Å². The van der Waals surface area contributed by atoms with E-state index >= 15 is 0 Å². The van der Waals surface area contributed by atoms with E-state index in [9.17, 15) is 4.79 Å². The summed E-state index contributed by atoms with van der Waals surface area (Å²) in [6.07, 6.45) is 0.0912. The number of cyclic esters (lactones) is 1. The fourth-order valence-corrected chi connectivity index (χ4v) is 3.22. The number of hydrogen-bond donors (Lipinski definition) is 0. The number of carbonyl (C=O) groups excluding carboxylic acids is 1. The maximum Gasteiger partial charge on any atom is 0.309 e. The van der Waals surface area contributed by atoms with Crippen molar-refractivity contribution in [1.29, 1.82) is 0 Å². The quantitative estimate of drug-likeness (QED) is 0.419. The van der Waals surface area contributed by atoms with Gasteiger partial charge in [-0.15, -0.1) is 0 Å². The lowest BCUT2D eigenvalue weighted by Crippen LogP contribution is -2.42. The topological polar surface area (TPSA) is 26.3 Å². The van der Waals surface area contributed by atoms with Gasteiger partial charge in [0.1, 0.15) is 6.10 Å². The Morgan fingerprint density at radius 1 is 1.42 bits per heavy atom. The van der Waals surface area contributed by atoms with Gasteiger partial charge in [0.05, 0.1) is 5.92 Å². The molecule has 1 fully saturated rings. The Morgan fingerprint density at radius 3 is 2.50 bits per heavy atom. The van der Waals surface area contributed by atoms with E-state index in [2.05, 4.69) is 29.5 Å². The van der Waals surface area contributed by atoms with E-state index in [1.54, 1.807) is 0 Å². The van der Waals surface area contributed by atoms with Crippen LogP contribution in [-0.2, 0) is 9.53 Å². The summed E-state index contributed by atoms with van der Waals surface area (Å²) in [5.41, 5.74) is 0. The van der Waals surface area contributed by atoms with Crippen LogP contribution in [0.5, 0.6) is 0 Å². The molecular weight excluding hydrogens is 267 g/mol. The summed E-state index contributed by atoms with van der Waals surface area (Å²) in [6, 6.07) is 0. The number of alkyl halides is 1. The Hall–Kier alpha value is 0.200. The van der Waals surface area contributed by atoms with Crippen LogP contribution in [0.1, 0.15) is 20.8 Å².